The Morgan fingerprint density at radius 3 is 2.47 bits per heavy atom. The highest BCUT2D eigenvalue weighted by Gasteiger charge is 2.13. The summed E-state index contributed by atoms with van der Waals surface area (Å²) >= 11 is 0. The largest absolute Gasteiger partial charge is 0.394 e. The summed E-state index contributed by atoms with van der Waals surface area (Å²) in [5, 5.41) is 11.9. The molecule has 0 aromatic carbocycles. The van der Waals surface area contributed by atoms with Crippen molar-refractivity contribution < 1.29 is 0 Å². The van der Waals surface area contributed by atoms with Crippen LogP contribution in [-0.4, -0.2) is 19.6 Å². The van der Waals surface area contributed by atoms with E-state index in [1.807, 2.05) is 38.7 Å². The Labute approximate surface area is 100 Å². The molecule has 3 N–H and O–H groups in total. The van der Waals surface area contributed by atoms with Crippen molar-refractivity contribution in [2.75, 3.05) is 11.1 Å². The van der Waals surface area contributed by atoms with Crippen molar-refractivity contribution in [2.45, 2.75) is 20.3 Å². The molecule has 2 heterocycles. The van der Waals surface area contributed by atoms with E-state index >= 15 is 0 Å². The van der Waals surface area contributed by atoms with E-state index in [0.717, 1.165) is 29.4 Å². The predicted molar refractivity (Wildman–Crippen MR) is 68.2 cm³/mol. The number of nitrogens with one attached hydrogen (secondary N) is 1. The lowest BCUT2D eigenvalue weighted by atomic mass is 10.3. The van der Waals surface area contributed by atoms with Crippen LogP contribution in [0.25, 0.3) is 0 Å². The van der Waals surface area contributed by atoms with Crippen LogP contribution in [0.1, 0.15) is 18.3 Å². The third-order valence-electron chi connectivity index (χ3n) is 2.86. The number of nitrogen functional groups attached to an aromatic ring is 1. The lowest BCUT2D eigenvalue weighted by Gasteiger charge is -2.03. The summed E-state index contributed by atoms with van der Waals surface area (Å²) in [4.78, 5) is 0. The van der Waals surface area contributed by atoms with Crippen molar-refractivity contribution in [2.24, 2.45) is 14.1 Å². The molecule has 0 amide bonds. The lowest BCUT2D eigenvalue weighted by molar-refractivity contribution is 0.737. The summed E-state index contributed by atoms with van der Waals surface area (Å²) in [5.74, 6) is 1.57. The van der Waals surface area contributed by atoms with Crippen molar-refractivity contribution in [3.63, 3.8) is 0 Å². The average Bonchev–Trinajstić information content (AvgIpc) is 2.73. The van der Waals surface area contributed by atoms with Crippen LogP contribution in [0.15, 0.2) is 6.07 Å². The van der Waals surface area contributed by atoms with Gasteiger partial charge in [-0.05, 0) is 13.3 Å². The first kappa shape index (κ1) is 11.5. The molecule has 0 aliphatic heterocycles. The molecule has 2 aromatic rings. The molecule has 92 valence electrons. The molecule has 0 aliphatic rings. The highest BCUT2D eigenvalue weighted by Crippen LogP contribution is 2.25. The maximum Gasteiger partial charge on any atom is 0.153 e. The second-order valence-corrected chi connectivity index (χ2v) is 4.11. The van der Waals surface area contributed by atoms with Crippen molar-refractivity contribution in [1.29, 1.82) is 0 Å². The molecule has 0 radical (unpaired) electrons. The maximum absolute atomic E-state index is 6.03. The Morgan fingerprint density at radius 2 is 2.00 bits per heavy atom. The summed E-state index contributed by atoms with van der Waals surface area (Å²) in [6.07, 6.45) is 0.822. The quantitative estimate of drug-likeness (QED) is 0.840. The van der Waals surface area contributed by atoms with E-state index in [4.69, 9.17) is 5.73 Å². The Kier molecular flexibility index (Phi) is 2.79. The number of aryl methyl sites for hydroxylation is 4. The van der Waals surface area contributed by atoms with Gasteiger partial charge in [-0.3, -0.25) is 9.36 Å². The molecule has 0 aliphatic carbocycles. The summed E-state index contributed by atoms with van der Waals surface area (Å²) in [6.45, 7) is 4.04. The standard InChI is InChI=1S/C11H18N6/c1-5-8-10(12)11(17(4)14-8)13-9-6-7(2)16(3)15-9/h6H,5,12H2,1-4H3,(H,13,15). The van der Waals surface area contributed by atoms with E-state index in [9.17, 15) is 0 Å². The fraction of sp³-hybridized carbons (Fsp3) is 0.455. The number of rotatable bonds is 3. The molecule has 0 bridgehead atoms. The Bertz CT molecular complexity index is 517. The zero-order valence-electron chi connectivity index (χ0n) is 10.7. The van der Waals surface area contributed by atoms with E-state index in [1.165, 1.54) is 0 Å². The van der Waals surface area contributed by atoms with E-state index in [1.54, 1.807) is 4.68 Å². The van der Waals surface area contributed by atoms with Gasteiger partial charge in [0.25, 0.3) is 0 Å². The van der Waals surface area contributed by atoms with Gasteiger partial charge in [-0.25, -0.2) is 0 Å². The van der Waals surface area contributed by atoms with Gasteiger partial charge in [0.15, 0.2) is 11.6 Å². The van der Waals surface area contributed by atoms with Crippen LogP contribution in [0.5, 0.6) is 0 Å². The summed E-state index contributed by atoms with van der Waals surface area (Å²) in [6, 6.07) is 1.97. The van der Waals surface area contributed by atoms with Crippen LogP contribution in [0.2, 0.25) is 0 Å². The smallest absolute Gasteiger partial charge is 0.153 e. The first-order valence-corrected chi connectivity index (χ1v) is 5.62. The third-order valence-corrected chi connectivity index (χ3v) is 2.86. The fourth-order valence-corrected chi connectivity index (χ4v) is 1.75. The van der Waals surface area contributed by atoms with E-state index in [2.05, 4.69) is 15.5 Å². The van der Waals surface area contributed by atoms with Crippen molar-refractivity contribution in [3.05, 3.63) is 17.5 Å². The molecular weight excluding hydrogens is 216 g/mol. The topological polar surface area (TPSA) is 73.7 Å². The molecule has 0 fully saturated rings. The van der Waals surface area contributed by atoms with Crippen molar-refractivity contribution >= 4 is 17.3 Å². The second kappa shape index (κ2) is 4.12. The number of nitrogens with two attached hydrogens (primary N) is 1. The number of anilines is 3. The maximum atomic E-state index is 6.03. The van der Waals surface area contributed by atoms with Crippen LogP contribution in [-0.2, 0) is 20.5 Å². The summed E-state index contributed by atoms with van der Waals surface area (Å²) in [5.41, 5.74) is 8.71. The monoisotopic (exact) mass is 234 g/mol. The van der Waals surface area contributed by atoms with Crippen LogP contribution >= 0.6 is 0 Å². The zero-order valence-corrected chi connectivity index (χ0v) is 10.7. The van der Waals surface area contributed by atoms with Gasteiger partial charge in [-0.15, -0.1) is 0 Å². The first-order chi connectivity index (χ1) is 8.02. The lowest BCUT2D eigenvalue weighted by Crippen LogP contribution is -2.02. The van der Waals surface area contributed by atoms with Gasteiger partial charge < -0.3 is 11.1 Å². The Hall–Kier alpha value is -1.98. The second-order valence-electron chi connectivity index (χ2n) is 4.11. The normalized spacial score (nSPS) is 10.8. The van der Waals surface area contributed by atoms with E-state index in [0.29, 0.717) is 5.69 Å². The first-order valence-electron chi connectivity index (χ1n) is 5.62. The molecule has 0 spiro atoms. The average molecular weight is 234 g/mol. The number of hydrogen-bond acceptors (Lipinski definition) is 4. The minimum atomic E-state index is 0.693. The third kappa shape index (κ3) is 1.98. The molecule has 6 nitrogen and oxygen atoms in total. The molecule has 2 rings (SSSR count). The van der Waals surface area contributed by atoms with Gasteiger partial charge in [0.05, 0.1) is 11.4 Å². The van der Waals surface area contributed by atoms with Crippen LogP contribution in [0.4, 0.5) is 17.3 Å². The van der Waals surface area contributed by atoms with E-state index in [-0.39, 0.29) is 0 Å². The highest BCUT2D eigenvalue weighted by atomic mass is 15.4. The predicted octanol–water partition coefficient (Wildman–Crippen LogP) is 1.35. The van der Waals surface area contributed by atoms with E-state index < -0.39 is 0 Å². The fourth-order valence-electron chi connectivity index (χ4n) is 1.75. The molecular formula is C11H18N6. The minimum absolute atomic E-state index is 0.693. The van der Waals surface area contributed by atoms with Gasteiger partial charge in [0.2, 0.25) is 0 Å². The SMILES string of the molecule is CCc1nn(C)c(Nc2cc(C)n(C)n2)c1N. The summed E-state index contributed by atoms with van der Waals surface area (Å²) < 4.78 is 3.56. The van der Waals surface area contributed by atoms with Crippen LogP contribution < -0.4 is 11.1 Å². The zero-order chi connectivity index (χ0) is 12.6. The van der Waals surface area contributed by atoms with Gasteiger partial charge in [0, 0.05) is 25.9 Å². The van der Waals surface area contributed by atoms with Gasteiger partial charge in [0.1, 0.15) is 0 Å². The molecule has 2 aromatic heterocycles. The number of nitrogens with zero attached hydrogens (tertiary/aromatic N) is 4. The Morgan fingerprint density at radius 1 is 1.29 bits per heavy atom. The van der Waals surface area contributed by atoms with Crippen LogP contribution in [0, 0.1) is 6.92 Å². The molecule has 6 heteroatoms. The number of hydrogen-bond donors (Lipinski definition) is 2. The highest BCUT2D eigenvalue weighted by molar-refractivity contribution is 5.70. The Balaban J connectivity index is 2.32. The molecule has 0 saturated heterocycles. The molecule has 0 atom stereocenters. The van der Waals surface area contributed by atoms with Gasteiger partial charge in [-0.2, -0.15) is 10.2 Å². The molecule has 17 heavy (non-hydrogen) atoms. The van der Waals surface area contributed by atoms with Crippen molar-refractivity contribution in [3.8, 4) is 0 Å². The van der Waals surface area contributed by atoms with Gasteiger partial charge >= 0.3 is 0 Å². The van der Waals surface area contributed by atoms with Crippen molar-refractivity contribution in [1.82, 2.24) is 19.6 Å². The minimum Gasteiger partial charge on any atom is -0.394 e. The molecule has 0 saturated carbocycles. The van der Waals surface area contributed by atoms with Crippen LogP contribution in [0.3, 0.4) is 0 Å². The summed E-state index contributed by atoms with van der Waals surface area (Å²) in [7, 11) is 3.78. The van der Waals surface area contributed by atoms with Gasteiger partial charge in [-0.1, -0.05) is 6.92 Å². The number of aromatic nitrogens is 4. The molecule has 0 unspecified atom stereocenters.